The Labute approximate surface area is 127 Å². The van der Waals surface area contributed by atoms with E-state index in [1.807, 2.05) is 0 Å². The third-order valence-electron chi connectivity index (χ3n) is 3.05. The molecule has 0 atom stereocenters. The van der Waals surface area contributed by atoms with Gasteiger partial charge < -0.3 is 21.1 Å². The number of urea groups is 1. The number of amides is 2. The molecule has 0 aliphatic heterocycles. The molecule has 1 saturated carbocycles. The standard InChI is InChI=1S/C14H18ClN3O3/c15-10-6-9(13(19)20)7-12(8-10)18-14(21)17-5-1-4-16-11-2-3-11/h6-8,11,16H,1-5H2,(H,19,20)(H2,17,18,21). The lowest BCUT2D eigenvalue weighted by molar-refractivity contribution is 0.0697. The lowest BCUT2D eigenvalue weighted by Gasteiger charge is -2.09. The molecule has 2 rings (SSSR count). The molecule has 1 aliphatic carbocycles. The van der Waals surface area contributed by atoms with Crippen LogP contribution >= 0.6 is 11.6 Å². The Morgan fingerprint density at radius 1 is 1.24 bits per heavy atom. The molecule has 0 unspecified atom stereocenters. The van der Waals surface area contributed by atoms with Crippen molar-refractivity contribution < 1.29 is 14.7 Å². The zero-order valence-electron chi connectivity index (χ0n) is 11.5. The number of carbonyl (C=O) groups is 2. The minimum atomic E-state index is -1.09. The van der Waals surface area contributed by atoms with Crippen LogP contribution in [0.2, 0.25) is 5.02 Å². The van der Waals surface area contributed by atoms with Gasteiger partial charge in [0.05, 0.1) is 5.56 Å². The Bertz CT molecular complexity index is 532. The first kappa shape index (κ1) is 15.6. The minimum absolute atomic E-state index is 0.0337. The molecule has 1 aliphatic rings. The highest BCUT2D eigenvalue weighted by Crippen LogP contribution is 2.19. The molecule has 114 valence electrons. The molecule has 0 heterocycles. The highest BCUT2D eigenvalue weighted by molar-refractivity contribution is 6.31. The van der Waals surface area contributed by atoms with Crippen LogP contribution < -0.4 is 16.0 Å². The molecule has 0 aromatic heterocycles. The van der Waals surface area contributed by atoms with Crippen molar-refractivity contribution in [2.24, 2.45) is 0 Å². The molecule has 1 aromatic rings. The molecule has 0 radical (unpaired) electrons. The Balaban J connectivity index is 1.74. The van der Waals surface area contributed by atoms with Gasteiger partial charge in [-0.15, -0.1) is 0 Å². The van der Waals surface area contributed by atoms with E-state index < -0.39 is 5.97 Å². The summed E-state index contributed by atoms with van der Waals surface area (Å²) in [5.41, 5.74) is 0.389. The topological polar surface area (TPSA) is 90.5 Å². The molecule has 4 N–H and O–H groups in total. The van der Waals surface area contributed by atoms with Crippen LogP contribution in [0.1, 0.15) is 29.6 Å². The van der Waals surface area contributed by atoms with Crippen LogP contribution in [0.15, 0.2) is 18.2 Å². The van der Waals surface area contributed by atoms with Crippen molar-refractivity contribution in [2.45, 2.75) is 25.3 Å². The quantitative estimate of drug-likeness (QED) is 0.582. The highest BCUT2D eigenvalue weighted by Gasteiger charge is 2.19. The van der Waals surface area contributed by atoms with Gasteiger partial charge in [-0.2, -0.15) is 0 Å². The summed E-state index contributed by atoms with van der Waals surface area (Å²) in [4.78, 5) is 22.6. The van der Waals surface area contributed by atoms with Crippen LogP contribution in [0.5, 0.6) is 0 Å². The SMILES string of the molecule is O=C(NCCCNC1CC1)Nc1cc(Cl)cc(C(=O)O)c1. The first-order valence-corrected chi connectivity index (χ1v) is 7.24. The largest absolute Gasteiger partial charge is 0.478 e. The summed E-state index contributed by atoms with van der Waals surface area (Å²) in [6, 6.07) is 4.49. The zero-order valence-corrected chi connectivity index (χ0v) is 12.2. The Hall–Kier alpha value is -1.79. The average Bonchev–Trinajstić information content (AvgIpc) is 3.21. The molecular weight excluding hydrogens is 294 g/mol. The number of carbonyl (C=O) groups excluding carboxylic acids is 1. The predicted octanol–water partition coefficient (Wildman–Crippen LogP) is 2.30. The van der Waals surface area contributed by atoms with E-state index in [4.69, 9.17) is 16.7 Å². The van der Waals surface area contributed by atoms with Crippen LogP contribution in [-0.2, 0) is 0 Å². The smallest absolute Gasteiger partial charge is 0.335 e. The van der Waals surface area contributed by atoms with E-state index in [2.05, 4.69) is 16.0 Å². The van der Waals surface area contributed by atoms with E-state index in [-0.39, 0.29) is 16.6 Å². The summed E-state index contributed by atoms with van der Waals surface area (Å²) in [6.07, 6.45) is 3.34. The molecular formula is C14H18ClN3O3. The van der Waals surface area contributed by atoms with E-state index in [0.29, 0.717) is 18.3 Å². The van der Waals surface area contributed by atoms with Gasteiger partial charge in [-0.1, -0.05) is 11.6 Å². The van der Waals surface area contributed by atoms with Crippen molar-refractivity contribution in [3.05, 3.63) is 28.8 Å². The predicted molar refractivity (Wildman–Crippen MR) is 81.1 cm³/mol. The van der Waals surface area contributed by atoms with Crippen molar-refractivity contribution >= 4 is 29.3 Å². The van der Waals surface area contributed by atoms with Crippen molar-refractivity contribution in [2.75, 3.05) is 18.4 Å². The third kappa shape index (κ3) is 5.61. The van der Waals surface area contributed by atoms with Gasteiger partial charge in [-0.05, 0) is 44.0 Å². The number of nitrogens with one attached hydrogen (secondary N) is 3. The molecule has 0 spiro atoms. The zero-order chi connectivity index (χ0) is 15.2. The van der Waals surface area contributed by atoms with Crippen molar-refractivity contribution in [1.82, 2.24) is 10.6 Å². The molecule has 6 nitrogen and oxygen atoms in total. The summed E-state index contributed by atoms with van der Waals surface area (Å²) in [5.74, 6) is -1.09. The lowest BCUT2D eigenvalue weighted by atomic mass is 10.2. The fraction of sp³-hybridized carbons (Fsp3) is 0.429. The molecule has 0 saturated heterocycles. The van der Waals surface area contributed by atoms with Crippen molar-refractivity contribution in [1.29, 1.82) is 0 Å². The van der Waals surface area contributed by atoms with Gasteiger partial charge in [0.1, 0.15) is 0 Å². The summed E-state index contributed by atoms with van der Waals surface area (Å²) >= 11 is 5.82. The molecule has 1 fully saturated rings. The molecule has 21 heavy (non-hydrogen) atoms. The number of carboxylic acids is 1. The Kier molecular flexibility index (Phi) is 5.41. The van der Waals surface area contributed by atoms with Crippen LogP contribution in [0.4, 0.5) is 10.5 Å². The van der Waals surface area contributed by atoms with Crippen LogP contribution in [0, 0.1) is 0 Å². The molecule has 7 heteroatoms. The summed E-state index contributed by atoms with van der Waals surface area (Å²) in [7, 11) is 0. The number of carboxylic acid groups (broad SMARTS) is 1. The van der Waals surface area contributed by atoms with Gasteiger partial charge in [0.25, 0.3) is 0 Å². The monoisotopic (exact) mass is 311 g/mol. The normalized spacial score (nSPS) is 13.8. The van der Waals surface area contributed by atoms with Crippen molar-refractivity contribution in [3.63, 3.8) is 0 Å². The van der Waals surface area contributed by atoms with Crippen LogP contribution in [0.25, 0.3) is 0 Å². The van der Waals surface area contributed by atoms with E-state index in [1.54, 1.807) is 0 Å². The first-order chi connectivity index (χ1) is 10.0. The molecule has 2 amide bonds. The van der Waals surface area contributed by atoms with E-state index in [9.17, 15) is 9.59 Å². The fourth-order valence-corrected chi connectivity index (χ4v) is 2.08. The van der Waals surface area contributed by atoms with Gasteiger partial charge in [0.2, 0.25) is 0 Å². The maximum absolute atomic E-state index is 11.7. The maximum Gasteiger partial charge on any atom is 0.335 e. The number of aromatic carboxylic acids is 1. The minimum Gasteiger partial charge on any atom is -0.478 e. The van der Waals surface area contributed by atoms with Crippen molar-refractivity contribution in [3.8, 4) is 0 Å². The van der Waals surface area contributed by atoms with Crippen LogP contribution in [-0.4, -0.2) is 36.2 Å². The highest BCUT2D eigenvalue weighted by atomic mass is 35.5. The lowest BCUT2D eigenvalue weighted by Crippen LogP contribution is -2.31. The Morgan fingerprint density at radius 3 is 2.67 bits per heavy atom. The third-order valence-corrected chi connectivity index (χ3v) is 3.27. The maximum atomic E-state index is 11.7. The number of hydrogen-bond donors (Lipinski definition) is 4. The number of rotatable bonds is 7. The van der Waals surface area contributed by atoms with Gasteiger partial charge in [0, 0.05) is 23.3 Å². The summed E-state index contributed by atoms with van der Waals surface area (Å²) in [5, 5.41) is 17.8. The van der Waals surface area contributed by atoms with Gasteiger partial charge in [-0.3, -0.25) is 0 Å². The number of hydrogen-bond acceptors (Lipinski definition) is 3. The van der Waals surface area contributed by atoms with E-state index in [0.717, 1.165) is 13.0 Å². The average molecular weight is 312 g/mol. The van der Waals surface area contributed by atoms with E-state index >= 15 is 0 Å². The van der Waals surface area contributed by atoms with Gasteiger partial charge >= 0.3 is 12.0 Å². The fourth-order valence-electron chi connectivity index (χ4n) is 1.84. The number of anilines is 1. The second-order valence-corrected chi connectivity index (χ2v) is 5.43. The summed E-state index contributed by atoms with van der Waals surface area (Å²) < 4.78 is 0. The van der Waals surface area contributed by atoms with Crippen LogP contribution in [0.3, 0.4) is 0 Å². The second kappa shape index (κ2) is 7.28. The molecule has 0 bridgehead atoms. The van der Waals surface area contributed by atoms with E-state index in [1.165, 1.54) is 31.0 Å². The second-order valence-electron chi connectivity index (χ2n) is 5.00. The molecule has 1 aromatic carbocycles. The number of halogens is 1. The first-order valence-electron chi connectivity index (χ1n) is 6.87. The van der Waals surface area contributed by atoms with Gasteiger partial charge in [0.15, 0.2) is 0 Å². The van der Waals surface area contributed by atoms with Gasteiger partial charge in [-0.25, -0.2) is 9.59 Å². The summed E-state index contributed by atoms with van der Waals surface area (Å²) in [6.45, 7) is 1.43. The Morgan fingerprint density at radius 2 is 2.00 bits per heavy atom. The number of benzene rings is 1.